The zero-order valence-electron chi connectivity index (χ0n) is 15.9. The normalized spacial score (nSPS) is 25.4. The average molecular weight is 425 g/mol. The van der Waals surface area contributed by atoms with Crippen molar-refractivity contribution >= 4 is 26.8 Å². The molecule has 0 radical (unpaired) electrons. The number of hydrogen-bond acceptors (Lipinski definition) is 2. The fourth-order valence-corrected chi connectivity index (χ4v) is 5.93. The number of piperidine rings is 1. The number of aryl methyl sites for hydroxylation is 1. The molecule has 27 heavy (non-hydrogen) atoms. The van der Waals surface area contributed by atoms with Crippen molar-refractivity contribution in [2.45, 2.75) is 24.7 Å². The minimum atomic E-state index is 0.109. The summed E-state index contributed by atoms with van der Waals surface area (Å²) < 4.78 is 3.55. The van der Waals surface area contributed by atoms with E-state index in [1.54, 1.807) is 6.07 Å². The van der Waals surface area contributed by atoms with E-state index in [0.717, 1.165) is 36.8 Å². The topological polar surface area (TPSA) is 28.4 Å². The van der Waals surface area contributed by atoms with Gasteiger partial charge in [-0.15, -0.1) is 0 Å². The van der Waals surface area contributed by atoms with E-state index in [0.29, 0.717) is 11.7 Å². The Bertz CT molecular complexity index is 1040. The van der Waals surface area contributed by atoms with Crippen molar-refractivity contribution in [3.05, 3.63) is 63.8 Å². The highest BCUT2D eigenvalue weighted by molar-refractivity contribution is 9.10. The second-order valence-corrected chi connectivity index (χ2v) is 9.36. The molecule has 2 atom stereocenters. The van der Waals surface area contributed by atoms with Crippen molar-refractivity contribution in [1.29, 1.82) is 0 Å². The number of rotatable bonds is 1. The minimum Gasteiger partial charge on any atom is -0.508 e. The molecule has 3 aromatic rings. The van der Waals surface area contributed by atoms with Gasteiger partial charge in [-0.3, -0.25) is 0 Å². The predicted molar refractivity (Wildman–Crippen MR) is 113 cm³/mol. The van der Waals surface area contributed by atoms with Crippen molar-refractivity contribution in [3.8, 4) is 5.75 Å². The molecule has 5 rings (SSSR count). The van der Waals surface area contributed by atoms with Crippen molar-refractivity contribution < 1.29 is 5.11 Å². The standard InChI is InChI=1S/C23H25BrN2O/c1-25-9-8-23(15-4-3-5-18(27)10-15)13-22-19(11-16(23)14-25)20-12-17(24)6-7-21(20)26(22)2/h3-7,10,12,16,27H,8-9,11,13-14H2,1-2H3. The summed E-state index contributed by atoms with van der Waals surface area (Å²) in [4.78, 5) is 2.47. The van der Waals surface area contributed by atoms with Crippen molar-refractivity contribution in [2.75, 3.05) is 20.1 Å². The molecule has 2 aromatic carbocycles. The third kappa shape index (κ3) is 2.57. The number of hydrogen-bond donors (Lipinski definition) is 1. The van der Waals surface area contributed by atoms with Crippen molar-refractivity contribution in [2.24, 2.45) is 13.0 Å². The van der Waals surface area contributed by atoms with Crippen LogP contribution in [-0.2, 0) is 25.3 Å². The van der Waals surface area contributed by atoms with Gasteiger partial charge in [-0.25, -0.2) is 0 Å². The third-order valence-corrected chi connectivity index (χ3v) is 7.50. The molecule has 2 heterocycles. The Morgan fingerprint density at radius 3 is 2.81 bits per heavy atom. The highest BCUT2D eigenvalue weighted by Crippen LogP contribution is 2.50. The number of likely N-dealkylation sites (tertiary alicyclic amines) is 1. The molecule has 1 fully saturated rings. The van der Waals surface area contributed by atoms with Gasteiger partial charge in [0.25, 0.3) is 0 Å². The number of benzene rings is 2. The first-order chi connectivity index (χ1) is 13.0. The van der Waals surface area contributed by atoms with Gasteiger partial charge in [0.2, 0.25) is 0 Å². The Kier molecular flexibility index (Phi) is 3.92. The molecule has 0 amide bonds. The SMILES string of the molecule is CN1CCC2(c3cccc(O)c3)Cc3c(c4cc(Br)ccc4n3C)CC2C1. The highest BCUT2D eigenvalue weighted by Gasteiger charge is 2.48. The first kappa shape index (κ1) is 17.3. The summed E-state index contributed by atoms with van der Waals surface area (Å²) in [5.41, 5.74) is 5.72. The van der Waals surface area contributed by atoms with E-state index in [1.165, 1.54) is 27.7 Å². The molecule has 0 spiro atoms. The smallest absolute Gasteiger partial charge is 0.115 e. The van der Waals surface area contributed by atoms with Crippen LogP contribution in [0.3, 0.4) is 0 Å². The lowest BCUT2D eigenvalue weighted by molar-refractivity contribution is 0.0985. The van der Waals surface area contributed by atoms with Gasteiger partial charge >= 0.3 is 0 Å². The average Bonchev–Trinajstić information content (AvgIpc) is 2.91. The largest absolute Gasteiger partial charge is 0.508 e. The summed E-state index contributed by atoms with van der Waals surface area (Å²) in [7, 11) is 4.45. The van der Waals surface area contributed by atoms with Crippen LogP contribution in [-0.4, -0.2) is 34.7 Å². The molecule has 1 aliphatic heterocycles. The Labute approximate surface area is 168 Å². The van der Waals surface area contributed by atoms with E-state index in [1.807, 2.05) is 12.1 Å². The van der Waals surface area contributed by atoms with E-state index in [9.17, 15) is 5.11 Å². The minimum absolute atomic E-state index is 0.109. The Balaban J connectivity index is 1.72. The van der Waals surface area contributed by atoms with Gasteiger partial charge < -0.3 is 14.6 Å². The van der Waals surface area contributed by atoms with Gasteiger partial charge in [-0.2, -0.15) is 0 Å². The summed E-state index contributed by atoms with van der Waals surface area (Å²) in [6, 6.07) is 14.7. The van der Waals surface area contributed by atoms with Crippen molar-refractivity contribution in [1.82, 2.24) is 9.47 Å². The monoisotopic (exact) mass is 424 g/mol. The molecular formula is C23H25BrN2O. The van der Waals surface area contributed by atoms with Crippen LogP contribution in [0.4, 0.5) is 0 Å². The van der Waals surface area contributed by atoms with Gasteiger partial charge in [0, 0.05) is 40.1 Å². The third-order valence-electron chi connectivity index (χ3n) is 7.01. The van der Waals surface area contributed by atoms with Gasteiger partial charge in [-0.1, -0.05) is 28.1 Å². The van der Waals surface area contributed by atoms with Gasteiger partial charge in [-0.05, 0) is 80.2 Å². The Hall–Kier alpha value is -1.78. The lowest BCUT2D eigenvalue weighted by atomic mass is 9.59. The number of aromatic nitrogens is 1. The number of fused-ring (bicyclic) bond motifs is 4. The van der Waals surface area contributed by atoms with E-state index < -0.39 is 0 Å². The molecule has 0 saturated carbocycles. The number of phenolic OH excluding ortho intramolecular Hbond substituents is 1. The maximum Gasteiger partial charge on any atom is 0.115 e. The zero-order chi connectivity index (χ0) is 18.8. The molecule has 1 saturated heterocycles. The summed E-state index contributed by atoms with van der Waals surface area (Å²) in [6.45, 7) is 2.22. The fraction of sp³-hybridized carbons (Fsp3) is 0.391. The maximum atomic E-state index is 10.2. The van der Waals surface area contributed by atoms with E-state index in [-0.39, 0.29) is 5.41 Å². The molecule has 1 aliphatic carbocycles. The van der Waals surface area contributed by atoms with E-state index in [2.05, 4.69) is 63.8 Å². The van der Waals surface area contributed by atoms with Crippen LogP contribution >= 0.6 is 15.9 Å². The second-order valence-electron chi connectivity index (χ2n) is 8.44. The number of halogens is 1. The molecule has 3 nitrogen and oxygen atoms in total. The molecular weight excluding hydrogens is 400 g/mol. The van der Waals surface area contributed by atoms with Crippen LogP contribution in [0.5, 0.6) is 5.75 Å². The molecule has 1 aromatic heterocycles. The summed E-state index contributed by atoms with van der Waals surface area (Å²) in [5.74, 6) is 0.946. The zero-order valence-corrected chi connectivity index (χ0v) is 17.5. The van der Waals surface area contributed by atoms with Gasteiger partial charge in [0.15, 0.2) is 0 Å². The van der Waals surface area contributed by atoms with Gasteiger partial charge in [0.05, 0.1) is 0 Å². The predicted octanol–water partition coefficient (Wildman–Crippen LogP) is 4.63. The molecule has 4 heteroatoms. The molecule has 140 valence electrons. The number of aromatic hydroxyl groups is 1. The molecule has 2 unspecified atom stereocenters. The van der Waals surface area contributed by atoms with Crippen LogP contribution in [0.25, 0.3) is 10.9 Å². The van der Waals surface area contributed by atoms with Crippen molar-refractivity contribution in [3.63, 3.8) is 0 Å². The van der Waals surface area contributed by atoms with Gasteiger partial charge in [0.1, 0.15) is 5.75 Å². The first-order valence-electron chi connectivity index (χ1n) is 9.72. The highest BCUT2D eigenvalue weighted by atomic mass is 79.9. The number of nitrogens with zero attached hydrogens (tertiary/aromatic N) is 2. The Morgan fingerprint density at radius 2 is 2.00 bits per heavy atom. The summed E-state index contributed by atoms with van der Waals surface area (Å²) in [5, 5.41) is 11.5. The van der Waals surface area contributed by atoms with E-state index in [4.69, 9.17) is 0 Å². The lowest BCUT2D eigenvalue weighted by Crippen LogP contribution is -2.52. The molecule has 1 N–H and O–H groups in total. The fourth-order valence-electron chi connectivity index (χ4n) is 5.57. The van der Waals surface area contributed by atoms with Crippen LogP contribution < -0.4 is 0 Å². The quantitative estimate of drug-likeness (QED) is 0.616. The molecule has 2 aliphatic rings. The Morgan fingerprint density at radius 1 is 1.15 bits per heavy atom. The first-order valence-corrected chi connectivity index (χ1v) is 10.5. The van der Waals surface area contributed by atoms with Crippen LogP contribution in [0.1, 0.15) is 23.2 Å². The lowest BCUT2D eigenvalue weighted by Gasteiger charge is -2.50. The van der Waals surface area contributed by atoms with Crippen LogP contribution in [0.2, 0.25) is 0 Å². The second kappa shape index (κ2) is 6.11. The van der Waals surface area contributed by atoms with Crippen LogP contribution in [0.15, 0.2) is 46.9 Å². The maximum absolute atomic E-state index is 10.2. The summed E-state index contributed by atoms with van der Waals surface area (Å²) >= 11 is 3.66. The van der Waals surface area contributed by atoms with Crippen LogP contribution in [0, 0.1) is 5.92 Å². The number of phenols is 1. The summed E-state index contributed by atoms with van der Waals surface area (Å²) in [6.07, 6.45) is 3.29. The van der Waals surface area contributed by atoms with E-state index >= 15 is 0 Å². The molecule has 0 bridgehead atoms.